The van der Waals surface area contributed by atoms with E-state index in [9.17, 15) is 54.8 Å². The lowest BCUT2D eigenvalue weighted by Crippen LogP contribution is -2.40. The second kappa shape index (κ2) is 12.3. The zero-order chi connectivity index (χ0) is 33.1. The fraction of sp³-hybridized carbons (Fsp3) is 0.231. The molecule has 0 aromatic heterocycles. The number of hydrogen-bond acceptors (Lipinski definition) is 13. The molecule has 0 fully saturated rings. The van der Waals surface area contributed by atoms with Crippen molar-refractivity contribution < 1.29 is 43.6 Å². The van der Waals surface area contributed by atoms with Crippen LogP contribution in [-0.4, -0.2) is 44.7 Å². The van der Waals surface area contributed by atoms with Gasteiger partial charge in [-0.1, -0.05) is 13.8 Å². The van der Waals surface area contributed by atoms with Gasteiger partial charge in [-0.25, -0.2) is 9.59 Å². The topological polar surface area (TPSA) is 245 Å². The highest BCUT2D eigenvalue weighted by molar-refractivity contribution is 6.72. The van der Waals surface area contributed by atoms with Gasteiger partial charge in [-0.3, -0.25) is 40.5 Å². The summed E-state index contributed by atoms with van der Waals surface area (Å²) in [6, 6.07) is 8.35. The molecule has 3 aromatic rings. The minimum atomic E-state index is -2.84. The van der Waals surface area contributed by atoms with Crippen LogP contribution in [0.1, 0.15) is 40.1 Å². The van der Waals surface area contributed by atoms with Gasteiger partial charge in [-0.05, 0) is 60.4 Å². The van der Waals surface area contributed by atoms with Gasteiger partial charge in [-0.2, -0.15) is 0 Å². The number of hydrogen-bond donors (Lipinski definition) is 1. The molecule has 230 valence electrons. The third-order valence-corrected chi connectivity index (χ3v) is 10.4. The summed E-state index contributed by atoms with van der Waals surface area (Å²) < 4.78 is 10.3. The Morgan fingerprint density at radius 2 is 1.09 bits per heavy atom. The summed E-state index contributed by atoms with van der Waals surface area (Å²) in [5.74, 6) is -3.63. The number of carbonyl (C=O) groups is 2. The van der Waals surface area contributed by atoms with Crippen LogP contribution in [-0.2, 0) is 6.42 Å². The maximum Gasteiger partial charge on any atom is 0.343 e. The number of benzene rings is 3. The van der Waals surface area contributed by atoms with Crippen LogP contribution in [0.15, 0.2) is 54.6 Å². The van der Waals surface area contributed by atoms with Gasteiger partial charge >= 0.3 is 23.3 Å². The Hall–Kier alpha value is -5.62. The standard InChI is InChI=1S/C26H24N4O13Si/c1-26(2,44(3,4)41)14-15-9-16(24(31)42-22-7-5-18(27(33)34)12-20(22)29(37)38)11-17(10-15)25(32)43-23-8-6-19(28(35)36)13-21(23)30(39)40/h5-13,41H,14H2,1-4H3. The third-order valence-electron chi connectivity index (χ3n) is 6.87. The Morgan fingerprint density at radius 1 is 0.705 bits per heavy atom. The number of nitrogens with zero attached hydrogens (tertiary/aromatic N) is 4. The van der Waals surface area contributed by atoms with E-state index in [-0.39, 0.29) is 17.5 Å². The zero-order valence-electron chi connectivity index (χ0n) is 23.5. The lowest BCUT2D eigenvalue weighted by atomic mass is 9.97. The first-order chi connectivity index (χ1) is 20.3. The van der Waals surface area contributed by atoms with Crippen LogP contribution in [0.2, 0.25) is 18.1 Å². The third kappa shape index (κ3) is 7.41. The predicted octanol–water partition coefficient (Wildman–Crippen LogP) is 5.28. The molecular weight excluding hydrogens is 604 g/mol. The molecule has 0 saturated heterocycles. The van der Waals surface area contributed by atoms with Crippen LogP contribution < -0.4 is 9.47 Å². The molecule has 44 heavy (non-hydrogen) atoms. The minimum Gasteiger partial charge on any atom is -0.432 e. The summed E-state index contributed by atoms with van der Waals surface area (Å²) in [6.45, 7) is 6.90. The van der Waals surface area contributed by atoms with Gasteiger partial charge in [0.2, 0.25) is 11.5 Å². The highest BCUT2D eigenvalue weighted by atomic mass is 28.4. The molecule has 0 aliphatic rings. The first kappa shape index (κ1) is 32.9. The van der Waals surface area contributed by atoms with E-state index in [0.717, 1.165) is 30.3 Å². The van der Waals surface area contributed by atoms with Crippen molar-refractivity contribution in [2.24, 2.45) is 0 Å². The average Bonchev–Trinajstić information content (AvgIpc) is 2.91. The van der Waals surface area contributed by atoms with E-state index in [4.69, 9.17) is 9.47 Å². The van der Waals surface area contributed by atoms with Gasteiger partial charge in [0.1, 0.15) is 0 Å². The molecule has 0 aliphatic carbocycles. The first-order valence-corrected chi connectivity index (χ1v) is 15.4. The number of nitro groups is 4. The zero-order valence-corrected chi connectivity index (χ0v) is 24.5. The Balaban J connectivity index is 2.08. The Morgan fingerprint density at radius 3 is 1.41 bits per heavy atom. The van der Waals surface area contributed by atoms with E-state index in [1.807, 2.05) is 0 Å². The van der Waals surface area contributed by atoms with Crippen molar-refractivity contribution in [1.82, 2.24) is 0 Å². The molecule has 0 spiro atoms. The normalized spacial score (nSPS) is 11.4. The van der Waals surface area contributed by atoms with Crippen molar-refractivity contribution >= 4 is 43.0 Å². The number of rotatable bonds is 11. The van der Waals surface area contributed by atoms with E-state index in [0.29, 0.717) is 17.7 Å². The summed E-state index contributed by atoms with van der Waals surface area (Å²) in [7, 11) is -2.84. The van der Waals surface area contributed by atoms with Crippen LogP contribution >= 0.6 is 0 Å². The molecule has 0 aliphatic heterocycles. The average molecular weight is 629 g/mol. The van der Waals surface area contributed by atoms with E-state index in [1.165, 1.54) is 12.1 Å². The molecule has 17 nitrogen and oxygen atoms in total. The molecule has 3 rings (SSSR count). The first-order valence-electron chi connectivity index (χ1n) is 12.5. The highest BCUT2D eigenvalue weighted by Gasteiger charge is 2.38. The van der Waals surface area contributed by atoms with Crippen LogP contribution in [0.3, 0.4) is 0 Å². The van der Waals surface area contributed by atoms with Crippen molar-refractivity contribution in [3.63, 3.8) is 0 Å². The number of non-ortho nitro benzene ring substituents is 2. The van der Waals surface area contributed by atoms with E-state index < -0.39 is 79.2 Å². The molecule has 0 amide bonds. The van der Waals surface area contributed by atoms with Crippen molar-refractivity contribution in [1.29, 1.82) is 0 Å². The summed E-state index contributed by atoms with van der Waals surface area (Å²) >= 11 is 0. The molecule has 0 bridgehead atoms. The Labute approximate surface area is 248 Å². The number of ether oxygens (including phenoxy) is 2. The SMILES string of the molecule is CC(C)(Cc1cc(C(=O)Oc2ccc([N+](=O)[O-])cc2[N+](=O)[O-])cc(C(=O)Oc2ccc([N+](=O)[O-])cc2[N+](=O)[O-])c1)[Si](C)(C)O. The number of nitro benzene ring substituents is 4. The largest absolute Gasteiger partial charge is 0.432 e. The van der Waals surface area contributed by atoms with E-state index >= 15 is 0 Å². The molecule has 18 heteroatoms. The van der Waals surface area contributed by atoms with Crippen LogP contribution in [0, 0.1) is 40.5 Å². The van der Waals surface area contributed by atoms with Gasteiger partial charge in [0.25, 0.3) is 11.4 Å². The summed E-state index contributed by atoms with van der Waals surface area (Å²) in [5.41, 5.74) is -3.29. The quantitative estimate of drug-likeness (QED) is 0.0934. The molecule has 0 unspecified atom stereocenters. The van der Waals surface area contributed by atoms with Gasteiger partial charge in [0.15, 0.2) is 8.32 Å². The highest BCUT2D eigenvalue weighted by Crippen LogP contribution is 2.39. The fourth-order valence-electron chi connectivity index (χ4n) is 3.77. The summed E-state index contributed by atoms with van der Waals surface area (Å²) in [6.07, 6.45) is 0.124. The van der Waals surface area contributed by atoms with Crippen molar-refractivity contribution in [2.75, 3.05) is 0 Å². The van der Waals surface area contributed by atoms with Gasteiger partial charge in [0.05, 0.1) is 43.0 Å². The minimum absolute atomic E-state index is 0.124. The second-order valence-corrected chi connectivity index (χ2v) is 15.1. The van der Waals surface area contributed by atoms with Crippen molar-refractivity contribution in [3.05, 3.63) is 112 Å². The summed E-state index contributed by atoms with van der Waals surface area (Å²) in [4.78, 5) is 78.5. The van der Waals surface area contributed by atoms with Gasteiger partial charge in [0, 0.05) is 12.1 Å². The van der Waals surface area contributed by atoms with Gasteiger partial charge < -0.3 is 14.3 Å². The fourth-order valence-corrected chi connectivity index (χ4v) is 4.41. The number of esters is 2. The van der Waals surface area contributed by atoms with Crippen LogP contribution in [0.25, 0.3) is 0 Å². The van der Waals surface area contributed by atoms with Crippen LogP contribution in [0.4, 0.5) is 22.7 Å². The lowest BCUT2D eigenvalue weighted by Gasteiger charge is -2.35. The monoisotopic (exact) mass is 628 g/mol. The lowest BCUT2D eigenvalue weighted by molar-refractivity contribution is -0.394. The molecular formula is C26H24N4O13Si. The molecule has 0 radical (unpaired) electrons. The van der Waals surface area contributed by atoms with E-state index in [1.54, 1.807) is 26.9 Å². The Bertz CT molecular complexity index is 1610. The van der Waals surface area contributed by atoms with Crippen LogP contribution in [0.5, 0.6) is 11.5 Å². The predicted molar refractivity (Wildman–Crippen MR) is 153 cm³/mol. The molecule has 1 N–H and O–H groups in total. The van der Waals surface area contributed by atoms with Crippen molar-refractivity contribution in [3.8, 4) is 11.5 Å². The summed E-state index contributed by atoms with van der Waals surface area (Å²) in [5, 5.41) is 44.4. The molecule has 0 heterocycles. The number of carbonyl (C=O) groups excluding carboxylic acids is 2. The molecule has 0 saturated carbocycles. The van der Waals surface area contributed by atoms with E-state index in [2.05, 4.69) is 0 Å². The maximum atomic E-state index is 13.2. The Kier molecular flexibility index (Phi) is 9.20. The second-order valence-electron chi connectivity index (χ2n) is 10.6. The maximum absolute atomic E-state index is 13.2. The van der Waals surface area contributed by atoms with Gasteiger partial charge in [-0.15, -0.1) is 0 Å². The smallest absolute Gasteiger partial charge is 0.343 e. The molecule has 3 aromatic carbocycles. The van der Waals surface area contributed by atoms with Crippen molar-refractivity contribution in [2.45, 2.75) is 38.4 Å². The molecule has 0 atom stereocenters.